The summed E-state index contributed by atoms with van der Waals surface area (Å²) in [5, 5.41) is 8.12. The number of carbonyl (C=O) groups is 1. The average Bonchev–Trinajstić information content (AvgIpc) is 3.29. The summed E-state index contributed by atoms with van der Waals surface area (Å²) in [5.74, 6) is 0.0698. The van der Waals surface area contributed by atoms with E-state index in [1.165, 1.54) is 12.1 Å². The highest BCUT2D eigenvalue weighted by Gasteiger charge is 2.33. The normalized spacial score (nSPS) is 15.7. The zero-order valence-corrected chi connectivity index (χ0v) is 20.9. The Balaban J connectivity index is 1.62. The highest BCUT2D eigenvalue weighted by molar-refractivity contribution is 6.32. The van der Waals surface area contributed by atoms with Crippen molar-refractivity contribution in [2.45, 2.75) is 38.1 Å². The molecule has 1 aliphatic rings. The van der Waals surface area contributed by atoms with E-state index in [0.29, 0.717) is 11.4 Å². The largest absolute Gasteiger partial charge is 0.497 e. The Morgan fingerprint density at radius 1 is 1.14 bits per heavy atom. The first-order valence-electron chi connectivity index (χ1n) is 12.0. The van der Waals surface area contributed by atoms with Crippen molar-refractivity contribution >= 4 is 17.5 Å². The molecular formula is C29H27ClFN3O2. The summed E-state index contributed by atoms with van der Waals surface area (Å²) in [5.41, 5.74) is 4.79. The van der Waals surface area contributed by atoms with Gasteiger partial charge in [-0.05, 0) is 67.6 Å². The summed E-state index contributed by atoms with van der Waals surface area (Å²) in [6.45, 7) is 1.95. The fourth-order valence-corrected chi connectivity index (χ4v) is 5.23. The molecule has 0 saturated carbocycles. The molecule has 1 amide bonds. The van der Waals surface area contributed by atoms with Crippen LogP contribution in [0.15, 0.2) is 72.8 Å². The zero-order chi connectivity index (χ0) is 25.2. The molecule has 0 fully saturated rings. The van der Waals surface area contributed by atoms with Crippen LogP contribution in [0.3, 0.4) is 0 Å². The molecule has 0 aliphatic heterocycles. The van der Waals surface area contributed by atoms with E-state index in [4.69, 9.17) is 21.4 Å². The third-order valence-electron chi connectivity index (χ3n) is 6.77. The maximum absolute atomic E-state index is 13.9. The maximum atomic E-state index is 13.9. The molecule has 0 saturated heterocycles. The van der Waals surface area contributed by atoms with Crippen LogP contribution in [0.2, 0.25) is 5.02 Å². The number of ether oxygens (including phenoxy) is 1. The van der Waals surface area contributed by atoms with E-state index >= 15 is 0 Å². The lowest BCUT2D eigenvalue weighted by Gasteiger charge is -2.25. The van der Waals surface area contributed by atoms with Gasteiger partial charge in [-0.1, -0.05) is 54.1 Å². The van der Waals surface area contributed by atoms with E-state index < -0.39 is 5.82 Å². The van der Waals surface area contributed by atoms with Gasteiger partial charge >= 0.3 is 0 Å². The molecule has 1 unspecified atom stereocenters. The fourth-order valence-electron chi connectivity index (χ4n) is 4.98. The van der Waals surface area contributed by atoms with Crippen LogP contribution >= 0.6 is 11.6 Å². The first-order valence-corrected chi connectivity index (χ1v) is 12.4. The third kappa shape index (κ3) is 4.61. The Morgan fingerprint density at radius 2 is 1.94 bits per heavy atom. The molecule has 5 nitrogen and oxygen atoms in total. The molecule has 0 radical (unpaired) electrons. The standard InChI is InChI=1S/C29H27ClFN3O2/c1-18(19-8-4-3-5-9-19)32-29(35)27-24-13-7-12-23(20-10-6-11-22(16-20)36-2)28(24)34(33-27)26-15-14-21(31)17-25(26)30/h3-6,8-11,14-18,23H,7,12-13H2,1-2H3,(H,32,35)/t18-,23?/m1/s1. The Bertz CT molecular complexity index is 1400. The second-order valence-corrected chi connectivity index (χ2v) is 9.45. The summed E-state index contributed by atoms with van der Waals surface area (Å²) in [4.78, 5) is 13.5. The van der Waals surface area contributed by atoms with E-state index in [-0.39, 0.29) is 22.9 Å². The van der Waals surface area contributed by atoms with Gasteiger partial charge in [-0.15, -0.1) is 0 Å². The van der Waals surface area contributed by atoms with Gasteiger partial charge in [0.2, 0.25) is 0 Å². The Hall–Kier alpha value is -3.64. The number of benzene rings is 3. The van der Waals surface area contributed by atoms with Gasteiger partial charge in [-0.25, -0.2) is 9.07 Å². The van der Waals surface area contributed by atoms with Crippen molar-refractivity contribution < 1.29 is 13.9 Å². The number of halogens is 2. The van der Waals surface area contributed by atoms with Gasteiger partial charge < -0.3 is 10.1 Å². The molecule has 0 bridgehead atoms. The molecule has 5 rings (SSSR count). The lowest BCUT2D eigenvalue weighted by molar-refractivity contribution is 0.0933. The summed E-state index contributed by atoms with van der Waals surface area (Å²) in [6.07, 6.45) is 2.51. The van der Waals surface area contributed by atoms with Crippen molar-refractivity contribution in [2.24, 2.45) is 0 Å². The minimum Gasteiger partial charge on any atom is -0.497 e. The minimum absolute atomic E-state index is 0.0226. The molecule has 1 aromatic heterocycles. The molecule has 1 N–H and O–H groups in total. The van der Waals surface area contributed by atoms with Crippen molar-refractivity contribution in [1.29, 1.82) is 0 Å². The monoisotopic (exact) mass is 503 g/mol. The summed E-state index contributed by atoms with van der Waals surface area (Å²) in [7, 11) is 1.64. The highest BCUT2D eigenvalue weighted by atomic mass is 35.5. The summed E-state index contributed by atoms with van der Waals surface area (Å²) in [6, 6.07) is 21.8. The second kappa shape index (κ2) is 10.2. The Labute approximate surface area is 214 Å². The van der Waals surface area contributed by atoms with Gasteiger partial charge in [0.25, 0.3) is 5.91 Å². The number of rotatable bonds is 6. The van der Waals surface area contributed by atoms with Gasteiger partial charge in [0.15, 0.2) is 5.69 Å². The number of fused-ring (bicyclic) bond motifs is 1. The number of nitrogens with one attached hydrogen (secondary N) is 1. The average molecular weight is 504 g/mol. The van der Waals surface area contributed by atoms with Crippen LogP contribution in [-0.2, 0) is 6.42 Å². The minimum atomic E-state index is -0.427. The van der Waals surface area contributed by atoms with Gasteiger partial charge in [0.05, 0.1) is 29.6 Å². The molecule has 1 heterocycles. The first-order chi connectivity index (χ1) is 17.5. The van der Waals surface area contributed by atoms with Crippen LogP contribution in [0.1, 0.15) is 64.6 Å². The molecule has 2 atom stereocenters. The number of aromatic nitrogens is 2. The van der Waals surface area contributed by atoms with E-state index in [0.717, 1.165) is 47.4 Å². The molecule has 184 valence electrons. The lowest BCUT2D eigenvalue weighted by Crippen LogP contribution is -2.28. The van der Waals surface area contributed by atoms with Crippen LogP contribution in [-0.4, -0.2) is 22.8 Å². The quantitative estimate of drug-likeness (QED) is 0.321. The SMILES string of the molecule is COc1cccc(C2CCCc3c(C(=O)N[C@H](C)c4ccccc4)nn(-c4ccc(F)cc4Cl)c32)c1. The number of hydrogen-bond acceptors (Lipinski definition) is 3. The highest BCUT2D eigenvalue weighted by Crippen LogP contribution is 2.41. The Morgan fingerprint density at radius 3 is 2.69 bits per heavy atom. The molecule has 1 aliphatic carbocycles. The molecule has 36 heavy (non-hydrogen) atoms. The summed E-state index contributed by atoms with van der Waals surface area (Å²) < 4.78 is 21.1. The van der Waals surface area contributed by atoms with Crippen LogP contribution in [0.4, 0.5) is 4.39 Å². The number of carbonyl (C=O) groups excluding carboxylic acids is 1. The van der Waals surface area contributed by atoms with Gasteiger partial charge in [0, 0.05) is 11.5 Å². The van der Waals surface area contributed by atoms with Crippen LogP contribution in [0.5, 0.6) is 5.75 Å². The van der Waals surface area contributed by atoms with Crippen LogP contribution < -0.4 is 10.1 Å². The predicted octanol–water partition coefficient (Wildman–Crippen LogP) is 6.63. The van der Waals surface area contributed by atoms with E-state index in [1.807, 2.05) is 55.5 Å². The topological polar surface area (TPSA) is 56.1 Å². The fraction of sp³-hybridized carbons (Fsp3) is 0.241. The number of methoxy groups -OCH3 is 1. The van der Waals surface area contributed by atoms with Gasteiger partial charge in [-0.2, -0.15) is 5.10 Å². The zero-order valence-electron chi connectivity index (χ0n) is 20.2. The van der Waals surface area contributed by atoms with Crippen molar-refractivity contribution in [3.05, 3.63) is 112 Å². The lowest BCUT2D eigenvalue weighted by atomic mass is 9.82. The molecule has 4 aromatic rings. The van der Waals surface area contributed by atoms with Crippen molar-refractivity contribution in [3.63, 3.8) is 0 Å². The molecular weight excluding hydrogens is 477 g/mol. The van der Waals surface area contributed by atoms with E-state index in [1.54, 1.807) is 17.9 Å². The van der Waals surface area contributed by atoms with Crippen molar-refractivity contribution in [1.82, 2.24) is 15.1 Å². The van der Waals surface area contributed by atoms with E-state index in [2.05, 4.69) is 11.4 Å². The van der Waals surface area contributed by atoms with Crippen LogP contribution in [0, 0.1) is 5.82 Å². The smallest absolute Gasteiger partial charge is 0.272 e. The summed E-state index contributed by atoms with van der Waals surface area (Å²) >= 11 is 6.48. The van der Waals surface area contributed by atoms with Gasteiger partial charge in [-0.3, -0.25) is 4.79 Å². The number of hydrogen-bond donors (Lipinski definition) is 1. The Kier molecular flexibility index (Phi) is 6.79. The van der Waals surface area contributed by atoms with Crippen molar-refractivity contribution in [2.75, 3.05) is 7.11 Å². The van der Waals surface area contributed by atoms with Crippen molar-refractivity contribution in [3.8, 4) is 11.4 Å². The van der Waals surface area contributed by atoms with E-state index in [9.17, 15) is 9.18 Å². The van der Waals surface area contributed by atoms with Gasteiger partial charge in [0.1, 0.15) is 11.6 Å². The molecule has 0 spiro atoms. The number of amides is 1. The molecule has 7 heteroatoms. The second-order valence-electron chi connectivity index (χ2n) is 9.05. The maximum Gasteiger partial charge on any atom is 0.272 e. The molecule has 3 aromatic carbocycles. The van der Waals surface area contributed by atoms with Crippen LogP contribution in [0.25, 0.3) is 5.69 Å². The first kappa shape index (κ1) is 24.1. The third-order valence-corrected chi connectivity index (χ3v) is 7.07. The number of nitrogens with zero attached hydrogens (tertiary/aromatic N) is 2. The predicted molar refractivity (Wildman–Crippen MR) is 139 cm³/mol.